The van der Waals surface area contributed by atoms with Crippen LogP contribution in [-0.4, -0.2) is 48.0 Å². The zero-order valence-corrected chi connectivity index (χ0v) is 14.7. The van der Waals surface area contributed by atoms with Gasteiger partial charge in [-0.2, -0.15) is 0 Å². The molecule has 0 radical (unpaired) electrons. The lowest BCUT2D eigenvalue weighted by Crippen LogP contribution is -2.37. The van der Waals surface area contributed by atoms with Crippen LogP contribution in [0.25, 0.3) is 0 Å². The van der Waals surface area contributed by atoms with Gasteiger partial charge in [0.05, 0.1) is 5.56 Å². The molecule has 1 aliphatic rings. The topological polar surface area (TPSA) is 49.9 Å². The highest BCUT2D eigenvalue weighted by atomic mass is 19.1. The Morgan fingerprint density at radius 1 is 0.926 bits per heavy atom. The Hall–Kier alpha value is -2.96. The van der Waals surface area contributed by atoms with Crippen molar-refractivity contribution in [2.45, 2.75) is 13.0 Å². The van der Waals surface area contributed by atoms with Gasteiger partial charge < -0.3 is 14.5 Å². The smallest absolute Gasteiger partial charge is 0.410 e. The molecular weight excluding hydrogens is 354 g/mol. The van der Waals surface area contributed by atoms with Crippen LogP contribution in [0.15, 0.2) is 48.5 Å². The summed E-state index contributed by atoms with van der Waals surface area (Å²) in [7, 11) is 0. The summed E-state index contributed by atoms with van der Waals surface area (Å²) in [6.45, 7) is 1.57. The molecular formula is C20H20F2N2O3. The fourth-order valence-corrected chi connectivity index (χ4v) is 2.95. The van der Waals surface area contributed by atoms with Gasteiger partial charge in [-0.1, -0.05) is 30.3 Å². The van der Waals surface area contributed by atoms with Crippen LogP contribution in [-0.2, 0) is 11.3 Å². The average molecular weight is 374 g/mol. The van der Waals surface area contributed by atoms with E-state index in [2.05, 4.69) is 0 Å². The van der Waals surface area contributed by atoms with Crippen LogP contribution in [0.5, 0.6) is 0 Å². The number of nitrogens with zero attached hydrogens (tertiary/aromatic N) is 2. The Balaban J connectivity index is 1.56. The molecule has 0 unspecified atom stereocenters. The minimum atomic E-state index is -0.886. The first-order chi connectivity index (χ1) is 13.0. The van der Waals surface area contributed by atoms with Crippen molar-refractivity contribution in [2.24, 2.45) is 0 Å². The Morgan fingerprint density at radius 2 is 1.63 bits per heavy atom. The van der Waals surface area contributed by atoms with E-state index >= 15 is 0 Å². The lowest BCUT2D eigenvalue weighted by molar-refractivity contribution is 0.0744. The normalized spacial score (nSPS) is 14.6. The molecule has 7 heteroatoms. The number of benzene rings is 2. The van der Waals surface area contributed by atoms with Gasteiger partial charge in [-0.05, 0) is 24.1 Å². The number of carbonyl (C=O) groups is 2. The number of hydrogen-bond acceptors (Lipinski definition) is 3. The minimum Gasteiger partial charge on any atom is -0.445 e. The number of amides is 2. The number of carbonyl (C=O) groups excluding carboxylic acids is 2. The van der Waals surface area contributed by atoms with Crippen LogP contribution in [0.3, 0.4) is 0 Å². The van der Waals surface area contributed by atoms with E-state index in [1.807, 2.05) is 30.3 Å². The second-order valence-corrected chi connectivity index (χ2v) is 6.30. The van der Waals surface area contributed by atoms with Crippen LogP contribution in [0, 0.1) is 11.6 Å². The number of rotatable bonds is 3. The summed E-state index contributed by atoms with van der Waals surface area (Å²) in [4.78, 5) is 27.8. The predicted octanol–water partition coefficient (Wildman–Crippen LogP) is 3.45. The maximum absolute atomic E-state index is 13.9. The maximum Gasteiger partial charge on any atom is 0.410 e. The molecule has 0 spiro atoms. The van der Waals surface area contributed by atoms with E-state index in [-0.39, 0.29) is 18.7 Å². The van der Waals surface area contributed by atoms with Crippen LogP contribution >= 0.6 is 0 Å². The van der Waals surface area contributed by atoms with Crippen molar-refractivity contribution in [1.82, 2.24) is 9.80 Å². The summed E-state index contributed by atoms with van der Waals surface area (Å²) < 4.78 is 32.2. The summed E-state index contributed by atoms with van der Waals surface area (Å²) in [6.07, 6.45) is 0.107. The first-order valence-electron chi connectivity index (χ1n) is 8.74. The predicted molar refractivity (Wildman–Crippen MR) is 95.1 cm³/mol. The zero-order chi connectivity index (χ0) is 19.2. The molecule has 0 saturated carbocycles. The third-order valence-corrected chi connectivity index (χ3v) is 4.41. The third-order valence-electron chi connectivity index (χ3n) is 4.41. The highest BCUT2D eigenvalue weighted by Gasteiger charge is 2.25. The van der Waals surface area contributed by atoms with Gasteiger partial charge in [0, 0.05) is 32.2 Å². The summed E-state index contributed by atoms with van der Waals surface area (Å²) in [5, 5.41) is 0. The Labute approximate surface area is 156 Å². The van der Waals surface area contributed by atoms with Crippen LogP contribution in [0.1, 0.15) is 22.3 Å². The summed E-state index contributed by atoms with van der Waals surface area (Å²) >= 11 is 0. The van der Waals surface area contributed by atoms with Crippen LogP contribution in [0.2, 0.25) is 0 Å². The molecule has 2 amide bonds. The molecule has 0 bridgehead atoms. The second kappa shape index (κ2) is 8.62. The van der Waals surface area contributed by atoms with Gasteiger partial charge in [0.1, 0.15) is 18.2 Å². The molecule has 0 aromatic heterocycles. The molecule has 27 heavy (non-hydrogen) atoms. The van der Waals surface area contributed by atoms with Crippen molar-refractivity contribution in [2.75, 3.05) is 26.2 Å². The summed E-state index contributed by atoms with van der Waals surface area (Å²) in [5.74, 6) is -2.12. The second-order valence-electron chi connectivity index (χ2n) is 6.30. The highest BCUT2D eigenvalue weighted by molar-refractivity contribution is 5.94. The lowest BCUT2D eigenvalue weighted by atomic mass is 10.1. The van der Waals surface area contributed by atoms with Crippen molar-refractivity contribution >= 4 is 12.0 Å². The van der Waals surface area contributed by atoms with E-state index < -0.39 is 23.6 Å². The minimum absolute atomic E-state index is 0.170. The molecule has 0 aliphatic carbocycles. The number of ether oxygens (including phenoxy) is 1. The Kier molecular flexibility index (Phi) is 6.01. The largest absolute Gasteiger partial charge is 0.445 e. The lowest BCUT2D eigenvalue weighted by Gasteiger charge is -2.22. The molecule has 5 nitrogen and oxygen atoms in total. The van der Waals surface area contributed by atoms with Gasteiger partial charge in [0.25, 0.3) is 5.91 Å². The fourth-order valence-electron chi connectivity index (χ4n) is 2.95. The monoisotopic (exact) mass is 374 g/mol. The SMILES string of the molecule is O=C(OCc1ccccc1)N1CCCN(C(=O)c2ccc(F)cc2F)CC1. The van der Waals surface area contributed by atoms with Crippen molar-refractivity contribution in [3.8, 4) is 0 Å². The standard InChI is InChI=1S/C20H20F2N2O3/c21-16-7-8-17(18(22)13-16)19(25)23-9-4-10-24(12-11-23)20(26)27-14-15-5-2-1-3-6-15/h1-3,5-8,13H,4,9-12,14H2. The zero-order valence-electron chi connectivity index (χ0n) is 14.7. The first kappa shape index (κ1) is 18.8. The van der Waals surface area contributed by atoms with E-state index in [0.29, 0.717) is 32.1 Å². The molecule has 3 rings (SSSR count). The quantitative estimate of drug-likeness (QED) is 0.827. The van der Waals surface area contributed by atoms with E-state index in [1.165, 1.54) is 9.80 Å². The first-order valence-corrected chi connectivity index (χ1v) is 8.74. The van der Waals surface area contributed by atoms with Crippen molar-refractivity contribution in [3.05, 3.63) is 71.3 Å². The van der Waals surface area contributed by atoms with Crippen LogP contribution in [0.4, 0.5) is 13.6 Å². The van der Waals surface area contributed by atoms with Gasteiger partial charge >= 0.3 is 6.09 Å². The van der Waals surface area contributed by atoms with Gasteiger partial charge in [0.2, 0.25) is 0 Å². The Morgan fingerprint density at radius 3 is 2.37 bits per heavy atom. The molecule has 1 aliphatic heterocycles. The molecule has 2 aromatic rings. The average Bonchev–Trinajstić information content (AvgIpc) is 2.93. The van der Waals surface area contributed by atoms with E-state index in [0.717, 1.165) is 17.7 Å². The number of halogens is 2. The van der Waals surface area contributed by atoms with Crippen molar-refractivity contribution < 1.29 is 23.1 Å². The van der Waals surface area contributed by atoms with Gasteiger partial charge in [-0.15, -0.1) is 0 Å². The summed E-state index contributed by atoms with van der Waals surface area (Å²) in [5.41, 5.74) is 0.723. The van der Waals surface area contributed by atoms with Crippen LogP contribution < -0.4 is 0 Å². The highest BCUT2D eigenvalue weighted by Crippen LogP contribution is 2.15. The molecule has 0 atom stereocenters. The van der Waals surface area contributed by atoms with E-state index in [1.54, 1.807) is 0 Å². The summed E-state index contributed by atoms with van der Waals surface area (Å²) in [6, 6.07) is 12.3. The van der Waals surface area contributed by atoms with Gasteiger partial charge in [-0.25, -0.2) is 13.6 Å². The molecule has 142 valence electrons. The van der Waals surface area contributed by atoms with Gasteiger partial charge in [-0.3, -0.25) is 4.79 Å². The fraction of sp³-hybridized carbons (Fsp3) is 0.300. The molecule has 1 fully saturated rings. The third kappa shape index (κ3) is 4.81. The van der Waals surface area contributed by atoms with Gasteiger partial charge in [0.15, 0.2) is 0 Å². The molecule has 0 N–H and O–H groups in total. The van der Waals surface area contributed by atoms with E-state index in [9.17, 15) is 18.4 Å². The molecule has 1 saturated heterocycles. The van der Waals surface area contributed by atoms with E-state index in [4.69, 9.17) is 4.74 Å². The Bertz CT molecular complexity index is 814. The number of hydrogen-bond donors (Lipinski definition) is 0. The van der Waals surface area contributed by atoms with Crippen molar-refractivity contribution in [3.63, 3.8) is 0 Å². The molecule has 1 heterocycles. The van der Waals surface area contributed by atoms with Crippen molar-refractivity contribution in [1.29, 1.82) is 0 Å². The maximum atomic E-state index is 13.9. The molecule has 2 aromatic carbocycles.